The van der Waals surface area contributed by atoms with Crippen molar-refractivity contribution in [3.8, 4) is 5.69 Å². The van der Waals surface area contributed by atoms with Gasteiger partial charge in [-0.1, -0.05) is 18.2 Å². The maximum Gasteiger partial charge on any atom is 0.257 e. The predicted molar refractivity (Wildman–Crippen MR) is 95.9 cm³/mol. The zero-order chi connectivity index (χ0) is 18.1. The Morgan fingerprint density at radius 1 is 0.960 bits per heavy atom. The minimum Gasteiger partial charge on any atom is -0.339 e. The van der Waals surface area contributed by atoms with Gasteiger partial charge in [-0.3, -0.25) is 9.59 Å². The Balaban J connectivity index is 1.88. The molecule has 0 aliphatic carbocycles. The molecule has 0 spiro atoms. The first-order valence-electron chi connectivity index (χ1n) is 8.57. The molecule has 1 saturated heterocycles. The summed E-state index contributed by atoms with van der Waals surface area (Å²) in [7, 11) is 0. The number of amides is 2. The van der Waals surface area contributed by atoms with Crippen molar-refractivity contribution in [3.05, 3.63) is 46.8 Å². The lowest BCUT2D eigenvalue weighted by Gasteiger charge is -2.34. The Morgan fingerprint density at radius 3 is 2.16 bits per heavy atom. The molecule has 2 amide bonds. The number of piperazine rings is 1. The number of benzene rings is 1. The molecule has 1 aliphatic rings. The normalized spacial score (nSPS) is 14.7. The molecule has 6 nitrogen and oxygen atoms in total. The van der Waals surface area contributed by atoms with Crippen molar-refractivity contribution >= 4 is 11.8 Å². The number of para-hydroxylation sites is 1. The SMILES string of the molecule is CC(=O)N1CCN(C(=O)c2c(C)nn(-c3ccccc3C)c2C)CC1. The molecule has 0 bridgehead atoms. The quantitative estimate of drug-likeness (QED) is 0.841. The van der Waals surface area contributed by atoms with Crippen LogP contribution < -0.4 is 0 Å². The smallest absolute Gasteiger partial charge is 0.257 e. The minimum absolute atomic E-state index is 0.00182. The molecular formula is C19H24N4O2. The highest BCUT2D eigenvalue weighted by Gasteiger charge is 2.27. The zero-order valence-electron chi connectivity index (χ0n) is 15.2. The molecule has 1 fully saturated rings. The van der Waals surface area contributed by atoms with E-state index in [1.807, 2.05) is 54.6 Å². The van der Waals surface area contributed by atoms with E-state index in [0.717, 1.165) is 22.6 Å². The Morgan fingerprint density at radius 2 is 1.56 bits per heavy atom. The molecule has 1 aromatic heterocycles. The van der Waals surface area contributed by atoms with Gasteiger partial charge in [-0.15, -0.1) is 0 Å². The molecule has 132 valence electrons. The van der Waals surface area contributed by atoms with E-state index in [2.05, 4.69) is 5.10 Å². The van der Waals surface area contributed by atoms with Crippen LogP contribution in [0.5, 0.6) is 0 Å². The first-order valence-corrected chi connectivity index (χ1v) is 8.57. The summed E-state index contributed by atoms with van der Waals surface area (Å²) >= 11 is 0. The third-order valence-electron chi connectivity index (χ3n) is 4.86. The molecule has 0 unspecified atom stereocenters. The molecule has 0 N–H and O–H groups in total. The van der Waals surface area contributed by atoms with Crippen molar-refractivity contribution in [1.82, 2.24) is 19.6 Å². The number of aromatic nitrogens is 2. The molecule has 2 heterocycles. The maximum absolute atomic E-state index is 13.0. The van der Waals surface area contributed by atoms with E-state index < -0.39 is 0 Å². The largest absolute Gasteiger partial charge is 0.339 e. The van der Waals surface area contributed by atoms with Crippen LogP contribution in [0.1, 0.15) is 34.2 Å². The second kappa shape index (κ2) is 6.70. The van der Waals surface area contributed by atoms with Crippen LogP contribution in [0.15, 0.2) is 24.3 Å². The van der Waals surface area contributed by atoms with Gasteiger partial charge in [-0.05, 0) is 32.4 Å². The summed E-state index contributed by atoms with van der Waals surface area (Å²) in [4.78, 5) is 28.1. The fraction of sp³-hybridized carbons (Fsp3) is 0.421. The van der Waals surface area contributed by atoms with Crippen LogP contribution in [-0.4, -0.2) is 57.6 Å². The molecular weight excluding hydrogens is 316 g/mol. The van der Waals surface area contributed by atoms with Gasteiger partial charge in [-0.25, -0.2) is 4.68 Å². The van der Waals surface area contributed by atoms with Crippen LogP contribution >= 0.6 is 0 Å². The lowest BCUT2D eigenvalue weighted by molar-refractivity contribution is -0.130. The van der Waals surface area contributed by atoms with Gasteiger partial charge in [0.15, 0.2) is 0 Å². The number of carbonyl (C=O) groups excluding carboxylic acids is 2. The maximum atomic E-state index is 13.0. The summed E-state index contributed by atoms with van der Waals surface area (Å²) in [6.45, 7) is 9.72. The van der Waals surface area contributed by atoms with E-state index >= 15 is 0 Å². The number of hydrogen-bond donors (Lipinski definition) is 0. The molecule has 25 heavy (non-hydrogen) atoms. The first-order chi connectivity index (χ1) is 11.9. The van der Waals surface area contributed by atoms with Gasteiger partial charge in [0, 0.05) is 33.1 Å². The average Bonchev–Trinajstić information content (AvgIpc) is 2.89. The van der Waals surface area contributed by atoms with Crippen molar-refractivity contribution in [2.24, 2.45) is 0 Å². The average molecular weight is 340 g/mol. The molecule has 0 atom stereocenters. The Bertz CT molecular complexity index is 817. The predicted octanol–water partition coefficient (Wildman–Crippen LogP) is 2.10. The Hall–Kier alpha value is -2.63. The number of rotatable bonds is 2. The monoisotopic (exact) mass is 340 g/mol. The van der Waals surface area contributed by atoms with Crippen LogP contribution in [0.25, 0.3) is 5.69 Å². The standard InChI is InChI=1S/C19H24N4O2/c1-13-7-5-6-8-17(13)23-15(3)18(14(2)20-23)19(25)22-11-9-21(10-12-22)16(4)24/h5-8H,9-12H2,1-4H3. The van der Waals surface area contributed by atoms with E-state index in [1.165, 1.54) is 0 Å². The molecule has 0 saturated carbocycles. The summed E-state index contributed by atoms with van der Waals surface area (Å²) in [5.74, 6) is 0.0601. The minimum atomic E-state index is -0.00182. The number of aryl methyl sites for hydroxylation is 2. The molecule has 1 aliphatic heterocycles. The van der Waals surface area contributed by atoms with Gasteiger partial charge in [0.05, 0.1) is 22.6 Å². The Labute approximate surface area is 148 Å². The van der Waals surface area contributed by atoms with E-state index in [4.69, 9.17) is 0 Å². The van der Waals surface area contributed by atoms with E-state index in [-0.39, 0.29) is 11.8 Å². The van der Waals surface area contributed by atoms with Crippen LogP contribution in [0.3, 0.4) is 0 Å². The molecule has 1 aromatic carbocycles. The summed E-state index contributed by atoms with van der Waals surface area (Å²) in [6.07, 6.45) is 0. The van der Waals surface area contributed by atoms with Crippen LogP contribution in [0.4, 0.5) is 0 Å². The van der Waals surface area contributed by atoms with Gasteiger partial charge in [0.2, 0.25) is 5.91 Å². The third kappa shape index (κ3) is 3.16. The van der Waals surface area contributed by atoms with Crippen LogP contribution in [-0.2, 0) is 4.79 Å². The lowest BCUT2D eigenvalue weighted by atomic mass is 10.1. The molecule has 2 aromatic rings. The molecule has 6 heteroatoms. The number of carbonyl (C=O) groups is 2. The van der Waals surface area contributed by atoms with Gasteiger partial charge >= 0.3 is 0 Å². The van der Waals surface area contributed by atoms with Crippen molar-refractivity contribution in [3.63, 3.8) is 0 Å². The molecule has 3 rings (SSSR count). The van der Waals surface area contributed by atoms with Gasteiger partial charge in [0.1, 0.15) is 0 Å². The van der Waals surface area contributed by atoms with Crippen molar-refractivity contribution in [2.75, 3.05) is 26.2 Å². The van der Waals surface area contributed by atoms with Crippen molar-refractivity contribution in [1.29, 1.82) is 0 Å². The van der Waals surface area contributed by atoms with E-state index in [9.17, 15) is 9.59 Å². The number of nitrogens with zero attached hydrogens (tertiary/aromatic N) is 4. The second-order valence-electron chi connectivity index (χ2n) is 6.54. The van der Waals surface area contributed by atoms with Crippen LogP contribution in [0.2, 0.25) is 0 Å². The van der Waals surface area contributed by atoms with Gasteiger partial charge in [0.25, 0.3) is 5.91 Å². The van der Waals surface area contributed by atoms with Gasteiger partial charge < -0.3 is 9.80 Å². The van der Waals surface area contributed by atoms with Crippen molar-refractivity contribution < 1.29 is 9.59 Å². The third-order valence-corrected chi connectivity index (χ3v) is 4.86. The summed E-state index contributed by atoms with van der Waals surface area (Å²) in [5, 5.41) is 4.60. The van der Waals surface area contributed by atoms with Crippen molar-refractivity contribution in [2.45, 2.75) is 27.7 Å². The fourth-order valence-electron chi connectivity index (χ4n) is 3.37. The second-order valence-corrected chi connectivity index (χ2v) is 6.54. The fourth-order valence-corrected chi connectivity index (χ4v) is 3.37. The summed E-state index contributed by atoms with van der Waals surface area (Å²) in [6, 6.07) is 8.01. The zero-order valence-corrected chi connectivity index (χ0v) is 15.2. The van der Waals surface area contributed by atoms with Crippen LogP contribution in [0, 0.1) is 20.8 Å². The highest BCUT2D eigenvalue weighted by molar-refractivity contribution is 5.96. The molecule has 0 radical (unpaired) electrons. The highest BCUT2D eigenvalue weighted by Crippen LogP contribution is 2.22. The van der Waals surface area contributed by atoms with E-state index in [0.29, 0.717) is 31.7 Å². The van der Waals surface area contributed by atoms with Gasteiger partial charge in [-0.2, -0.15) is 5.10 Å². The summed E-state index contributed by atoms with van der Waals surface area (Å²) in [5.41, 5.74) is 4.36. The number of hydrogen-bond acceptors (Lipinski definition) is 3. The Kier molecular flexibility index (Phi) is 4.61. The highest BCUT2D eigenvalue weighted by atomic mass is 16.2. The topological polar surface area (TPSA) is 58.4 Å². The lowest BCUT2D eigenvalue weighted by Crippen LogP contribution is -2.50. The first kappa shape index (κ1) is 17.2. The summed E-state index contributed by atoms with van der Waals surface area (Å²) < 4.78 is 1.85. The van der Waals surface area contributed by atoms with E-state index in [1.54, 1.807) is 11.8 Å².